The molecule has 2 fully saturated rings. The predicted octanol–water partition coefficient (Wildman–Crippen LogP) is 5.09. The first-order valence-corrected chi connectivity index (χ1v) is 11.9. The second-order valence-electron chi connectivity index (χ2n) is 9.83. The van der Waals surface area contributed by atoms with Gasteiger partial charge in [0.15, 0.2) is 0 Å². The number of hydrogen-bond acceptors (Lipinski definition) is 3. The van der Waals surface area contributed by atoms with Crippen LogP contribution in [0.4, 0.5) is 13.2 Å². The standard InChI is InChI=1S/C27H33F3N2O2/c1-19-15-20(2)17-22(16-19)26(34-3,27(28,29)30)24(33)32-13-10-25(11-14-32)9-12-31-18-23(25)21-7-5-4-6-8-21/h4-8,15-17,23,31H,9-14,18H2,1-3H3. The van der Waals surface area contributed by atoms with E-state index in [0.717, 1.165) is 26.6 Å². The van der Waals surface area contributed by atoms with Gasteiger partial charge in [-0.05, 0) is 50.6 Å². The fourth-order valence-electron chi connectivity index (χ4n) is 6.01. The number of aryl methyl sites for hydroxylation is 2. The number of alkyl halides is 3. The van der Waals surface area contributed by atoms with Gasteiger partial charge in [0, 0.05) is 38.2 Å². The van der Waals surface area contributed by atoms with Crippen molar-refractivity contribution < 1.29 is 22.7 Å². The van der Waals surface area contributed by atoms with E-state index in [4.69, 9.17) is 4.74 Å². The van der Waals surface area contributed by atoms with E-state index in [1.54, 1.807) is 19.9 Å². The zero-order valence-electron chi connectivity index (χ0n) is 20.0. The van der Waals surface area contributed by atoms with Gasteiger partial charge in [0.25, 0.3) is 11.5 Å². The van der Waals surface area contributed by atoms with Crippen molar-refractivity contribution in [3.63, 3.8) is 0 Å². The molecule has 0 aromatic heterocycles. The number of hydrogen-bond donors (Lipinski definition) is 1. The molecular formula is C27H33F3N2O2. The van der Waals surface area contributed by atoms with Gasteiger partial charge in [-0.25, -0.2) is 0 Å². The van der Waals surface area contributed by atoms with E-state index in [1.807, 2.05) is 18.2 Å². The number of halogens is 3. The Bertz CT molecular complexity index is 996. The zero-order chi connectivity index (χ0) is 24.6. The van der Waals surface area contributed by atoms with Gasteiger partial charge in [-0.2, -0.15) is 13.2 Å². The molecule has 0 saturated carbocycles. The minimum absolute atomic E-state index is 0.0305. The van der Waals surface area contributed by atoms with Gasteiger partial charge in [0.05, 0.1) is 0 Å². The maximum atomic E-state index is 14.6. The third-order valence-corrected chi connectivity index (χ3v) is 7.77. The van der Waals surface area contributed by atoms with Gasteiger partial charge in [-0.1, -0.05) is 59.7 Å². The lowest BCUT2D eigenvalue weighted by Gasteiger charge is -2.50. The first kappa shape index (κ1) is 24.7. The van der Waals surface area contributed by atoms with Gasteiger partial charge >= 0.3 is 6.18 Å². The summed E-state index contributed by atoms with van der Waals surface area (Å²) in [5.74, 6) is -0.749. The lowest BCUT2D eigenvalue weighted by molar-refractivity contribution is -0.271. The number of benzene rings is 2. The van der Waals surface area contributed by atoms with E-state index >= 15 is 0 Å². The maximum absolute atomic E-state index is 14.6. The van der Waals surface area contributed by atoms with Crippen molar-refractivity contribution >= 4 is 5.91 Å². The number of likely N-dealkylation sites (tertiary alicyclic amines) is 1. The highest BCUT2D eigenvalue weighted by Gasteiger charge is 2.64. The van der Waals surface area contributed by atoms with Gasteiger partial charge in [-0.15, -0.1) is 0 Å². The SMILES string of the molecule is COC(C(=O)N1CCC2(CCNCC2c2ccccc2)CC1)(c1cc(C)cc(C)c1)C(F)(F)F. The van der Waals surface area contributed by atoms with Crippen molar-refractivity contribution in [2.45, 2.75) is 50.8 Å². The van der Waals surface area contributed by atoms with Crippen LogP contribution in [0.15, 0.2) is 48.5 Å². The number of carbonyl (C=O) groups excluding carboxylic acids is 1. The van der Waals surface area contributed by atoms with Crippen LogP contribution in [0.25, 0.3) is 0 Å². The van der Waals surface area contributed by atoms with Gasteiger partial charge < -0.3 is 15.0 Å². The van der Waals surface area contributed by atoms with Crippen molar-refractivity contribution in [3.05, 3.63) is 70.8 Å². The van der Waals surface area contributed by atoms with Crippen LogP contribution in [0, 0.1) is 19.3 Å². The van der Waals surface area contributed by atoms with E-state index in [2.05, 4.69) is 17.4 Å². The monoisotopic (exact) mass is 474 g/mol. The van der Waals surface area contributed by atoms with Gasteiger partial charge in [0.1, 0.15) is 0 Å². The molecular weight excluding hydrogens is 441 g/mol. The molecule has 2 atom stereocenters. The Labute approximate surface area is 199 Å². The summed E-state index contributed by atoms with van der Waals surface area (Å²) in [5, 5.41) is 3.47. The minimum atomic E-state index is -4.89. The number of ether oxygens (including phenoxy) is 1. The predicted molar refractivity (Wildman–Crippen MR) is 126 cm³/mol. The van der Waals surface area contributed by atoms with Crippen LogP contribution < -0.4 is 5.32 Å². The number of carbonyl (C=O) groups is 1. The van der Waals surface area contributed by atoms with Crippen LogP contribution >= 0.6 is 0 Å². The quantitative estimate of drug-likeness (QED) is 0.671. The second-order valence-corrected chi connectivity index (χ2v) is 9.83. The number of rotatable bonds is 4. The average Bonchev–Trinajstić information content (AvgIpc) is 2.80. The number of nitrogens with one attached hydrogen (secondary N) is 1. The topological polar surface area (TPSA) is 41.6 Å². The molecule has 4 nitrogen and oxygen atoms in total. The second kappa shape index (κ2) is 9.34. The van der Waals surface area contributed by atoms with Crippen LogP contribution in [0.5, 0.6) is 0 Å². The molecule has 2 aromatic rings. The van der Waals surface area contributed by atoms with Crippen LogP contribution in [0.1, 0.15) is 47.4 Å². The van der Waals surface area contributed by atoms with Crippen molar-refractivity contribution in [3.8, 4) is 0 Å². The van der Waals surface area contributed by atoms with Crippen LogP contribution in [0.3, 0.4) is 0 Å². The lowest BCUT2D eigenvalue weighted by atomic mass is 9.62. The van der Waals surface area contributed by atoms with E-state index in [1.165, 1.54) is 22.6 Å². The molecule has 0 radical (unpaired) electrons. The summed E-state index contributed by atoms with van der Waals surface area (Å²) in [7, 11) is 0.979. The summed E-state index contributed by atoms with van der Waals surface area (Å²) in [6.45, 7) is 5.74. The number of amides is 1. The summed E-state index contributed by atoms with van der Waals surface area (Å²) >= 11 is 0. The Balaban J connectivity index is 1.63. The Kier molecular flexibility index (Phi) is 6.80. The van der Waals surface area contributed by atoms with E-state index in [0.29, 0.717) is 24.0 Å². The summed E-state index contributed by atoms with van der Waals surface area (Å²) in [6.07, 6.45) is -2.61. The lowest BCUT2D eigenvalue weighted by Crippen LogP contribution is -2.59. The Hall–Kier alpha value is -2.38. The highest BCUT2D eigenvalue weighted by Crippen LogP contribution is 2.50. The van der Waals surface area contributed by atoms with Crippen LogP contribution in [0.2, 0.25) is 0 Å². The van der Waals surface area contributed by atoms with Gasteiger partial charge in [0.2, 0.25) is 0 Å². The van der Waals surface area contributed by atoms with Crippen molar-refractivity contribution in [1.29, 1.82) is 0 Å². The summed E-state index contributed by atoms with van der Waals surface area (Å²) in [4.78, 5) is 15.0. The first-order chi connectivity index (χ1) is 16.1. The highest BCUT2D eigenvalue weighted by molar-refractivity contribution is 5.88. The maximum Gasteiger partial charge on any atom is 0.430 e. The first-order valence-electron chi connectivity index (χ1n) is 11.9. The average molecular weight is 475 g/mol. The Morgan fingerprint density at radius 2 is 1.65 bits per heavy atom. The molecule has 2 aromatic carbocycles. The third kappa shape index (κ3) is 4.24. The van der Waals surface area contributed by atoms with Crippen molar-refractivity contribution in [2.75, 3.05) is 33.3 Å². The third-order valence-electron chi connectivity index (χ3n) is 7.77. The Morgan fingerprint density at radius 3 is 2.21 bits per heavy atom. The molecule has 2 aliphatic rings. The molecule has 1 spiro atoms. The largest absolute Gasteiger partial charge is 0.430 e. The van der Waals surface area contributed by atoms with E-state index in [9.17, 15) is 18.0 Å². The Morgan fingerprint density at radius 1 is 1.03 bits per heavy atom. The zero-order valence-corrected chi connectivity index (χ0v) is 20.0. The molecule has 2 unspecified atom stereocenters. The van der Waals surface area contributed by atoms with E-state index < -0.39 is 17.7 Å². The van der Waals surface area contributed by atoms with E-state index in [-0.39, 0.29) is 30.0 Å². The molecule has 1 amide bonds. The van der Waals surface area contributed by atoms with Crippen molar-refractivity contribution in [2.24, 2.45) is 5.41 Å². The van der Waals surface area contributed by atoms with Crippen LogP contribution in [-0.4, -0.2) is 50.3 Å². The smallest absolute Gasteiger partial charge is 0.356 e. The normalized spacial score (nSPS) is 22.4. The molecule has 2 saturated heterocycles. The molecule has 7 heteroatoms. The van der Waals surface area contributed by atoms with Crippen LogP contribution in [-0.2, 0) is 15.1 Å². The molecule has 34 heavy (non-hydrogen) atoms. The number of nitrogens with zero attached hydrogens (tertiary/aromatic N) is 1. The molecule has 0 aliphatic carbocycles. The summed E-state index contributed by atoms with van der Waals surface area (Å²) in [6, 6.07) is 14.9. The molecule has 2 aliphatic heterocycles. The highest BCUT2D eigenvalue weighted by atomic mass is 19.4. The summed E-state index contributed by atoms with van der Waals surface area (Å²) in [5.41, 5.74) is -0.642. The molecule has 4 rings (SSSR count). The summed E-state index contributed by atoms with van der Waals surface area (Å²) < 4.78 is 48.9. The fraction of sp³-hybridized carbons (Fsp3) is 0.519. The fourth-order valence-corrected chi connectivity index (χ4v) is 6.01. The number of methoxy groups -OCH3 is 1. The molecule has 2 heterocycles. The molecule has 1 N–H and O–H groups in total. The van der Waals surface area contributed by atoms with Gasteiger partial charge in [-0.3, -0.25) is 4.79 Å². The number of piperidine rings is 2. The van der Waals surface area contributed by atoms with Crippen molar-refractivity contribution in [1.82, 2.24) is 10.2 Å². The molecule has 184 valence electrons. The molecule has 0 bridgehead atoms. The minimum Gasteiger partial charge on any atom is -0.356 e.